The lowest BCUT2D eigenvalue weighted by Gasteiger charge is -2.11. The highest BCUT2D eigenvalue weighted by Gasteiger charge is 2.19. The highest BCUT2D eigenvalue weighted by molar-refractivity contribution is 7.26. The van der Waals surface area contributed by atoms with Gasteiger partial charge in [0.15, 0.2) is 5.82 Å². The molecule has 0 aliphatic heterocycles. The summed E-state index contributed by atoms with van der Waals surface area (Å²) in [6.45, 7) is 0. The van der Waals surface area contributed by atoms with E-state index in [-0.39, 0.29) is 0 Å². The summed E-state index contributed by atoms with van der Waals surface area (Å²) in [4.78, 5) is 10.4. The predicted octanol–water partition coefficient (Wildman–Crippen LogP) is 11.2. The lowest BCUT2D eigenvalue weighted by atomic mass is 10.1. The minimum atomic E-state index is 0.715. The number of furan rings is 1. The van der Waals surface area contributed by atoms with E-state index in [1.165, 1.54) is 15.5 Å². The number of aromatic nitrogens is 3. The average molecular weight is 594 g/mol. The number of benzene rings is 6. The normalized spacial score (nSPS) is 12.0. The third-order valence-electron chi connectivity index (χ3n) is 8.80. The molecule has 0 aliphatic carbocycles. The molecule has 0 N–H and O–H groups in total. The van der Waals surface area contributed by atoms with Crippen molar-refractivity contribution in [2.24, 2.45) is 0 Å². The molecule has 10 rings (SSSR count). The lowest BCUT2D eigenvalue weighted by Crippen LogP contribution is -1.97. The summed E-state index contributed by atoms with van der Waals surface area (Å²) in [5, 5.41) is 5.83. The molecule has 0 unspecified atom stereocenters. The zero-order valence-electron chi connectivity index (χ0n) is 23.9. The van der Waals surface area contributed by atoms with E-state index < -0.39 is 0 Å². The van der Waals surface area contributed by atoms with E-state index in [9.17, 15) is 0 Å². The van der Waals surface area contributed by atoms with Crippen LogP contribution in [0.1, 0.15) is 0 Å². The molecule has 0 radical (unpaired) electrons. The van der Waals surface area contributed by atoms with Crippen molar-refractivity contribution in [3.63, 3.8) is 0 Å². The Bertz CT molecular complexity index is 2770. The molecule has 0 aliphatic rings. The summed E-state index contributed by atoms with van der Waals surface area (Å²) >= 11 is 1.76. The topological polar surface area (TPSA) is 43.9 Å². The Balaban J connectivity index is 1.23. The van der Waals surface area contributed by atoms with Gasteiger partial charge in [0.25, 0.3) is 0 Å². The summed E-state index contributed by atoms with van der Waals surface area (Å²) in [5.74, 6) is 0.715. The monoisotopic (exact) mass is 593 g/mol. The molecule has 0 amide bonds. The molecule has 6 aromatic carbocycles. The van der Waals surface area contributed by atoms with Crippen molar-refractivity contribution < 1.29 is 4.42 Å². The van der Waals surface area contributed by atoms with Crippen LogP contribution in [-0.2, 0) is 0 Å². The molecule has 45 heavy (non-hydrogen) atoms. The molecule has 0 atom stereocenters. The predicted molar refractivity (Wildman–Crippen MR) is 187 cm³/mol. The van der Waals surface area contributed by atoms with E-state index in [1.54, 1.807) is 11.3 Å². The van der Waals surface area contributed by atoms with Gasteiger partial charge in [-0.1, -0.05) is 97.1 Å². The van der Waals surface area contributed by atoms with E-state index >= 15 is 0 Å². The van der Waals surface area contributed by atoms with Crippen molar-refractivity contribution in [3.8, 4) is 28.3 Å². The fourth-order valence-corrected chi connectivity index (χ4v) is 7.92. The molecule has 0 saturated heterocycles. The lowest BCUT2D eigenvalue weighted by molar-refractivity contribution is 0.669. The second kappa shape index (κ2) is 9.36. The first-order valence-electron chi connectivity index (χ1n) is 15.0. The third-order valence-corrected chi connectivity index (χ3v) is 9.97. The zero-order valence-corrected chi connectivity index (χ0v) is 24.8. The van der Waals surface area contributed by atoms with Crippen molar-refractivity contribution in [1.82, 2.24) is 14.5 Å². The summed E-state index contributed by atoms with van der Waals surface area (Å²) < 4.78 is 11.0. The Kier molecular flexibility index (Phi) is 5.12. The highest BCUT2D eigenvalue weighted by atomic mass is 32.1. The van der Waals surface area contributed by atoms with Gasteiger partial charge in [0, 0.05) is 54.5 Å². The maximum absolute atomic E-state index is 6.33. The van der Waals surface area contributed by atoms with Crippen LogP contribution < -0.4 is 0 Å². The molecule has 0 spiro atoms. The van der Waals surface area contributed by atoms with Crippen LogP contribution in [0, 0.1) is 0 Å². The minimum absolute atomic E-state index is 0.715. The van der Waals surface area contributed by atoms with E-state index in [0.29, 0.717) is 5.82 Å². The van der Waals surface area contributed by atoms with E-state index in [0.717, 1.165) is 71.1 Å². The van der Waals surface area contributed by atoms with E-state index in [4.69, 9.17) is 14.4 Å². The van der Waals surface area contributed by atoms with Crippen LogP contribution in [-0.4, -0.2) is 14.5 Å². The summed E-state index contributed by atoms with van der Waals surface area (Å²) in [6, 6.07) is 48.8. The van der Waals surface area contributed by atoms with Crippen molar-refractivity contribution in [1.29, 1.82) is 0 Å². The van der Waals surface area contributed by atoms with Gasteiger partial charge in [-0.15, -0.1) is 11.3 Å². The molecule has 4 nitrogen and oxygen atoms in total. The zero-order chi connectivity index (χ0) is 29.5. The largest absolute Gasteiger partial charge is 0.456 e. The van der Waals surface area contributed by atoms with Gasteiger partial charge >= 0.3 is 0 Å². The standard InChI is InChI=1S/C40H23N3OS/c1-2-11-24(12-3-1)37-39-38(29-17-6-9-20-36(29)45-39)42-40(41-37)25-13-10-14-26(21-25)43-32-18-7-4-15-27(32)30-22-31-28-16-5-8-19-34(28)44-35(31)23-33(30)43/h1-23H. The van der Waals surface area contributed by atoms with Crippen LogP contribution in [0.4, 0.5) is 0 Å². The number of hydrogen-bond acceptors (Lipinski definition) is 4. The molecule has 5 heteroatoms. The van der Waals surface area contributed by atoms with Crippen molar-refractivity contribution in [2.45, 2.75) is 0 Å². The van der Waals surface area contributed by atoms with Gasteiger partial charge in [-0.2, -0.15) is 0 Å². The van der Waals surface area contributed by atoms with Gasteiger partial charge in [0.1, 0.15) is 11.2 Å². The van der Waals surface area contributed by atoms with Gasteiger partial charge in [0.05, 0.1) is 26.9 Å². The van der Waals surface area contributed by atoms with Gasteiger partial charge in [0.2, 0.25) is 0 Å². The van der Waals surface area contributed by atoms with Crippen molar-refractivity contribution >= 4 is 75.4 Å². The summed E-state index contributed by atoms with van der Waals surface area (Å²) in [5.41, 5.74) is 9.10. The van der Waals surface area contributed by atoms with Crippen LogP contribution in [0.25, 0.3) is 92.4 Å². The third kappa shape index (κ3) is 3.65. The Morgan fingerprint density at radius 1 is 0.511 bits per heavy atom. The average Bonchev–Trinajstić information content (AvgIpc) is 3.76. The molecular weight excluding hydrogens is 571 g/mol. The molecule has 210 valence electrons. The number of rotatable bonds is 3. The van der Waals surface area contributed by atoms with E-state index in [1.807, 2.05) is 18.2 Å². The molecule has 4 aromatic heterocycles. The fourth-order valence-electron chi connectivity index (χ4n) is 6.76. The SMILES string of the molecule is c1ccc(-c2nc(-c3cccc(-n4c5ccccc5c5cc6c(cc54)oc4ccccc46)c3)nc3c2sc2ccccc23)cc1. The van der Waals surface area contributed by atoms with Gasteiger partial charge in [-0.05, 0) is 36.4 Å². The maximum atomic E-state index is 6.33. The number of para-hydroxylation sites is 2. The van der Waals surface area contributed by atoms with Crippen LogP contribution >= 0.6 is 11.3 Å². The first-order valence-corrected chi connectivity index (χ1v) is 15.8. The molecule has 10 aromatic rings. The second-order valence-corrected chi connectivity index (χ2v) is 12.5. The molecule has 4 heterocycles. The van der Waals surface area contributed by atoms with Gasteiger partial charge in [-0.3, -0.25) is 0 Å². The number of thiophene rings is 1. The first kappa shape index (κ1) is 24.6. The summed E-state index contributed by atoms with van der Waals surface area (Å²) in [6.07, 6.45) is 0. The number of hydrogen-bond donors (Lipinski definition) is 0. The molecule has 0 saturated carbocycles. The first-order chi connectivity index (χ1) is 22.3. The van der Waals surface area contributed by atoms with Crippen molar-refractivity contribution in [2.75, 3.05) is 0 Å². The van der Waals surface area contributed by atoms with Gasteiger partial charge < -0.3 is 8.98 Å². The Morgan fingerprint density at radius 2 is 1.27 bits per heavy atom. The number of fused-ring (bicyclic) bond motifs is 9. The van der Waals surface area contributed by atoms with Gasteiger partial charge in [-0.25, -0.2) is 9.97 Å². The Labute approximate surface area is 261 Å². The molecular formula is C40H23N3OS. The fraction of sp³-hybridized carbons (Fsp3) is 0. The van der Waals surface area contributed by atoms with Crippen LogP contribution in [0.5, 0.6) is 0 Å². The molecule has 0 bridgehead atoms. The molecule has 0 fully saturated rings. The van der Waals surface area contributed by atoms with Crippen molar-refractivity contribution in [3.05, 3.63) is 140 Å². The number of nitrogens with zero attached hydrogens (tertiary/aromatic N) is 3. The van der Waals surface area contributed by atoms with Crippen LogP contribution in [0.2, 0.25) is 0 Å². The summed E-state index contributed by atoms with van der Waals surface area (Å²) in [7, 11) is 0. The Morgan fingerprint density at radius 3 is 2.18 bits per heavy atom. The minimum Gasteiger partial charge on any atom is -0.456 e. The quantitative estimate of drug-likeness (QED) is 0.205. The maximum Gasteiger partial charge on any atom is 0.160 e. The second-order valence-electron chi connectivity index (χ2n) is 11.4. The van der Waals surface area contributed by atoms with Crippen LogP contribution in [0.15, 0.2) is 144 Å². The smallest absolute Gasteiger partial charge is 0.160 e. The van der Waals surface area contributed by atoms with Crippen LogP contribution in [0.3, 0.4) is 0 Å². The van der Waals surface area contributed by atoms with E-state index in [2.05, 4.69) is 126 Å². The highest BCUT2D eigenvalue weighted by Crippen LogP contribution is 2.41. The Hall–Kier alpha value is -5.78.